The number of hydrogen-bond acceptors (Lipinski definition) is 5. The van der Waals surface area contributed by atoms with Gasteiger partial charge < -0.3 is 20.0 Å². The molecule has 5 nitrogen and oxygen atoms in total. The molecule has 4 atom stereocenters. The molecule has 1 amide bonds. The Balaban J connectivity index is 1.66. The van der Waals surface area contributed by atoms with E-state index in [9.17, 15) is 14.7 Å². The Morgan fingerprint density at radius 1 is 1.37 bits per heavy atom. The van der Waals surface area contributed by atoms with E-state index in [1.807, 2.05) is 17.5 Å². The first-order valence-electron chi connectivity index (χ1n) is 6.33. The lowest BCUT2D eigenvalue weighted by Gasteiger charge is -2.27. The average molecular weight is 280 g/mol. The zero-order valence-electron chi connectivity index (χ0n) is 10.2. The minimum atomic E-state index is -1.18. The minimum Gasteiger partial charge on any atom is -0.550 e. The third kappa shape index (κ3) is 2.26. The molecule has 1 N–H and O–H groups in total. The van der Waals surface area contributed by atoms with Gasteiger partial charge in [0.05, 0.1) is 24.7 Å². The van der Waals surface area contributed by atoms with Gasteiger partial charge in [0.15, 0.2) is 0 Å². The molecule has 19 heavy (non-hydrogen) atoms. The molecule has 2 aliphatic rings. The van der Waals surface area contributed by atoms with Crippen molar-refractivity contribution in [2.75, 3.05) is 0 Å². The maximum atomic E-state index is 12.2. The number of fused-ring (bicyclic) bond motifs is 2. The molecule has 2 saturated heterocycles. The van der Waals surface area contributed by atoms with Gasteiger partial charge in [-0.2, -0.15) is 0 Å². The van der Waals surface area contributed by atoms with Crippen molar-refractivity contribution in [3.8, 4) is 0 Å². The van der Waals surface area contributed by atoms with Gasteiger partial charge in [0, 0.05) is 16.8 Å². The quantitative estimate of drug-likeness (QED) is 0.836. The van der Waals surface area contributed by atoms with E-state index in [1.54, 1.807) is 11.3 Å². The molecule has 0 unspecified atom stereocenters. The molecular formula is C13H14NO4S-. The Hall–Kier alpha value is -1.40. The van der Waals surface area contributed by atoms with E-state index in [2.05, 4.69) is 5.32 Å². The topological polar surface area (TPSA) is 78.5 Å². The first kappa shape index (κ1) is 12.6. The summed E-state index contributed by atoms with van der Waals surface area (Å²) in [6.45, 7) is 0.435. The molecule has 1 aromatic rings. The predicted octanol–water partition coefficient (Wildman–Crippen LogP) is -0.0922. The van der Waals surface area contributed by atoms with Crippen LogP contribution in [0.1, 0.15) is 17.7 Å². The van der Waals surface area contributed by atoms with Crippen LogP contribution in [0.25, 0.3) is 0 Å². The first-order chi connectivity index (χ1) is 9.16. The van der Waals surface area contributed by atoms with Crippen LogP contribution >= 0.6 is 11.3 Å². The van der Waals surface area contributed by atoms with E-state index in [1.165, 1.54) is 0 Å². The van der Waals surface area contributed by atoms with Crippen molar-refractivity contribution in [1.82, 2.24) is 5.32 Å². The fourth-order valence-corrected chi connectivity index (χ4v) is 3.66. The van der Waals surface area contributed by atoms with Crippen molar-refractivity contribution in [2.45, 2.75) is 31.6 Å². The van der Waals surface area contributed by atoms with E-state index in [-0.39, 0.29) is 18.1 Å². The van der Waals surface area contributed by atoms with Crippen LogP contribution in [0.2, 0.25) is 0 Å². The zero-order valence-corrected chi connectivity index (χ0v) is 11.0. The van der Waals surface area contributed by atoms with Crippen LogP contribution in [-0.2, 0) is 20.9 Å². The Labute approximate surface area is 114 Å². The first-order valence-corrected chi connectivity index (χ1v) is 7.21. The number of rotatable bonds is 4. The van der Waals surface area contributed by atoms with Gasteiger partial charge in [0.1, 0.15) is 0 Å². The zero-order chi connectivity index (χ0) is 13.4. The fraction of sp³-hybridized carbons (Fsp3) is 0.538. The monoisotopic (exact) mass is 280 g/mol. The summed E-state index contributed by atoms with van der Waals surface area (Å²) >= 11 is 1.56. The Morgan fingerprint density at radius 3 is 2.74 bits per heavy atom. The third-order valence-corrected chi connectivity index (χ3v) is 4.74. The predicted molar refractivity (Wildman–Crippen MR) is 66.0 cm³/mol. The molecule has 1 aromatic heterocycles. The Kier molecular flexibility index (Phi) is 3.28. The fourth-order valence-electron chi connectivity index (χ4n) is 3.02. The van der Waals surface area contributed by atoms with Crippen molar-refractivity contribution < 1.29 is 19.4 Å². The number of hydrogen-bond donors (Lipinski definition) is 1. The molecule has 0 aliphatic carbocycles. The van der Waals surface area contributed by atoms with Gasteiger partial charge in [-0.15, -0.1) is 11.3 Å². The van der Waals surface area contributed by atoms with Crippen LogP contribution in [0.5, 0.6) is 0 Å². The second kappa shape index (κ2) is 4.94. The van der Waals surface area contributed by atoms with Crippen LogP contribution in [-0.4, -0.2) is 24.1 Å². The highest BCUT2D eigenvalue weighted by Crippen LogP contribution is 2.43. The smallest absolute Gasteiger partial charge is 0.226 e. The van der Waals surface area contributed by atoms with Gasteiger partial charge in [0.2, 0.25) is 5.91 Å². The van der Waals surface area contributed by atoms with Gasteiger partial charge in [-0.3, -0.25) is 4.79 Å². The van der Waals surface area contributed by atoms with Crippen LogP contribution in [0.3, 0.4) is 0 Å². The largest absolute Gasteiger partial charge is 0.550 e. The van der Waals surface area contributed by atoms with Crippen molar-refractivity contribution >= 4 is 23.2 Å². The number of carbonyl (C=O) groups excluding carboxylic acids is 2. The summed E-state index contributed by atoms with van der Waals surface area (Å²) in [6.07, 6.45) is 0.840. The number of carboxylic acids is 1. The summed E-state index contributed by atoms with van der Waals surface area (Å²) in [6, 6.07) is 3.84. The highest BCUT2D eigenvalue weighted by Gasteiger charge is 2.52. The van der Waals surface area contributed by atoms with Gasteiger partial charge in [-0.25, -0.2) is 0 Å². The summed E-state index contributed by atoms with van der Waals surface area (Å²) < 4.78 is 5.54. The number of carboxylic acid groups (broad SMARTS) is 1. The van der Waals surface area contributed by atoms with Crippen LogP contribution in [0.15, 0.2) is 17.5 Å². The average Bonchev–Trinajstić information content (AvgIpc) is 3.10. The van der Waals surface area contributed by atoms with Crippen molar-refractivity contribution in [3.05, 3.63) is 22.4 Å². The molecular weight excluding hydrogens is 266 g/mol. The molecule has 6 heteroatoms. The van der Waals surface area contributed by atoms with Gasteiger partial charge in [-0.05, 0) is 24.3 Å². The van der Waals surface area contributed by atoms with E-state index in [0.29, 0.717) is 13.0 Å². The Morgan fingerprint density at radius 2 is 2.11 bits per heavy atom. The molecule has 0 saturated carbocycles. The molecule has 0 radical (unpaired) electrons. The maximum absolute atomic E-state index is 12.2. The lowest BCUT2D eigenvalue weighted by molar-refractivity contribution is -0.314. The van der Waals surface area contributed by atoms with Crippen LogP contribution in [0, 0.1) is 11.8 Å². The second-order valence-electron chi connectivity index (χ2n) is 4.96. The number of thiophene rings is 1. The van der Waals surface area contributed by atoms with Crippen molar-refractivity contribution in [1.29, 1.82) is 0 Å². The van der Waals surface area contributed by atoms with E-state index >= 15 is 0 Å². The standard InChI is InChI=1S/C13H15NO4S/c15-12(14-6-7-2-1-5-19-7)10-8-3-4-9(18-8)11(10)13(16)17/h1-2,5,8-11H,3-4,6H2,(H,14,15)(H,16,17)/p-1/t8-,9+,10-,11+/m1/s1. The molecule has 2 aliphatic heterocycles. The molecule has 0 aromatic carbocycles. The summed E-state index contributed by atoms with van der Waals surface area (Å²) in [5.41, 5.74) is 0. The highest BCUT2D eigenvalue weighted by atomic mass is 32.1. The lowest BCUT2D eigenvalue weighted by atomic mass is 9.79. The maximum Gasteiger partial charge on any atom is 0.226 e. The number of ether oxygens (including phenoxy) is 1. The second-order valence-corrected chi connectivity index (χ2v) is 5.99. The summed E-state index contributed by atoms with van der Waals surface area (Å²) in [5.74, 6) is -2.83. The SMILES string of the molecule is O=C([O-])[C@@H]1[C@H](C(=O)NCc2cccs2)[C@H]2CC[C@@H]1O2. The molecule has 3 heterocycles. The van der Waals surface area contributed by atoms with E-state index in [4.69, 9.17) is 4.74 Å². The van der Waals surface area contributed by atoms with Gasteiger partial charge in [-0.1, -0.05) is 6.07 Å². The van der Waals surface area contributed by atoms with E-state index < -0.39 is 17.8 Å². The molecule has 0 spiro atoms. The number of carbonyl (C=O) groups is 2. The van der Waals surface area contributed by atoms with Gasteiger partial charge in [0.25, 0.3) is 0 Å². The number of amides is 1. The Bertz CT molecular complexity index is 487. The minimum absolute atomic E-state index is 0.241. The molecule has 102 valence electrons. The van der Waals surface area contributed by atoms with Crippen molar-refractivity contribution in [3.63, 3.8) is 0 Å². The normalized spacial score (nSPS) is 32.4. The van der Waals surface area contributed by atoms with Gasteiger partial charge >= 0.3 is 0 Å². The molecule has 2 fully saturated rings. The van der Waals surface area contributed by atoms with E-state index in [0.717, 1.165) is 11.3 Å². The summed E-state index contributed by atoms with van der Waals surface area (Å²) in [5, 5.41) is 15.9. The number of aliphatic carboxylic acids is 1. The lowest BCUT2D eigenvalue weighted by Crippen LogP contribution is -2.47. The van der Waals surface area contributed by atoms with Crippen molar-refractivity contribution in [2.24, 2.45) is 11.8 Å². The molecule has 2 bridgehead atoms. The highest BCUT2D eigenvalue weighted by molar-refractivity contribution is 7.09. The third-order valence-electron chi connectivity index (χ3n) is 3.87. The summed E-state index contributed by atoms with van der Waals surface area (Å²) in [7, 11) is 0. The molecule has 3 rings (SSSR count). The van der Waals surface area contributed by atoms with Crippen LogP contribution in [0.4, 0.5) is 0 Å². The summed E-state index contributed by atoms with van der Waals surface area (Å²) in [4.78, 5) is 24.4. The number of nitrogens with one attached hydrogen (secondary N) is 1. The van der Waals surface area contributed by atoms with Crippen LogP contribution < -0.4 is 10.4 Å².